The zero-order valence-corrected chi connectivity index (χ0v) is 23.2. The van der Waals surface area contributed by atoms with Gasteiger partial charge in [-0.25, -0.2) is 4.79 Å². The summed E-state index contributed by atoms with van der Waals surface area (Å²) in [6, 6.07) is 7.60. The number of allylic oxidation sites excluding steroid dienone is 2. The number of fused-ring (bicyclic) bond motifs is 7. The van der Waals surface area contributed by atoms with Crippen molar-refractivity contribution in [2.24, 2.45) is 51.1 Å². The normalized spacial score (nSPS) is 47.1. The van der Waals surface area contributed by atoms with E-state index < -0.39 is 5.97 Å². The van der Waals surface area contributed by atoms with Crippen LogP contribution in [0, 0.1) is 45.3 Å². The highest BCUT2D eigenvalue weighted by molar-refractivity contribution is 5.88. The first-order valence-electron chi connectivity index (χ1n) is 14.7. The van der Waals surface area contributed by atoms with E-state index in [1.54, 1.807) is 12.1 Å². The maximum atomic E-state index is 11.4. The Labute approximate surface area is 218 Å². The third kappa shape index (κ3) is 3.04. The molecule has 0 spiro atoms. The fraction of sp³-hybridized carbons (Fsp3) is 0.727. The molecule has 1 aromatic rings. The third-order valence-corrected chi connectivity index (χ3v) is 13.4. The van der Waals surface area contributed by atoms with Gasteiger partial charge in [-0.3, -0.25) is 0 Å². The predicted octanol–water partition coefficient (Wildman–Crippen LogP) is 7.94. The van der Waals surface area contributed by atoms with Gasteiger partial charge in [-0.05, 0) is 126 Å². The van der Waals surface area contributed by atoms with Gasteiger partial charge < -0.3 is 10.8 Å². The molecule has 196 valence electrons. The molecule has 0 aliphatic heterocycles. The van der Waals surface area contributed by atoms with E-state index in [1.807, 2.05) is 12.1 Å². The van der Waals surface area contributed by atoms with Crippen LogP contribution in [0.3, 0.4) is 0 Å². The molecule has 0 saturated heterocycles. The van der Waals surface area contributed by atoms with Gasteiger partial charge in [0.1, 0.15) is 0 Å². The minimum atomic E-state index is -0.853. The van der Waals surface area contributed by atoms with Gasteiger partial charge in [0, 0.05) is 5.54 Å². The van der Waals surface area contributed by atoms with Gasteiger partial charge in [0.15, 0.2) is 0 Å². The summed E-state index contributed by atoms with van der Waals surface area (Å²) in [5.74, 6) is 2.08. The first kappa shape index (κ1) is 24.7. The second-order valence-electron chi connectivity index (χ2n) is 14.8. The van der Waals surface area contributed by atoms with Crippen molar-refractivity contribution in [3.8, 4) is 0 Å². The number of benzene rings is 1. The van der Waals surface area contributed by atoms with Crippen molar-refractivity contribution in [2.75, 3.05) is 0 Å². The molecule has 0 aromatic heterocycles. The highest BCUT2D eigenvalue weighted by Gasteiger charge is 2.69. The number of carboxylic acid groups (broad SMARTS) is 1. The van der Waals surface area contributed by atoms with Crippen LogP contribution in [0.2, 0.25) is 0 Å². The Morgan fingerprint density at radius 1 is 0.833 bits per heavy atom. The van der Waals surface area contributed by atoms with Gasteiger partial charge in [-0.1, -0.05) is 59.2 Å². The van der Waals surface area contributed by atoms with Crippen LogP contribution >= 0.6 is 0 Å². The molecule has 0 radical (unpaired) electrons. The predicted molar refractivity (Wildman–Crippen MR) is 147 cm³/mol. The van der Waals surface area contributed by atoms with Crippen LogP contribution in [0.25, 0.3) is 5.57 Å². The molecule has 3 N–H and O–H groups in total. The van der Waals surface area contributed by atoms with E-state index in [4.69, 9.17) is 5.73 Å². The summed E-state index contributed by atoms with van der Waals surface area (Å²) in [5.41, 5.74) is 11.3. The van der Waals surface area contributed by atoms with Gasteiger partial charge in [-0.2, -0.15) is 0 Å². The van der Waals surface area contributed by atoms with E-state index in [-0.39, 0.29) is 11.0 Å². The second kappa shape index (κ2) is 7.71. The molecule has 8 atom stereocenters. The lowest BCUT2D eigenvalue weighted by atomic mass is 9.33. The summed E-state index contributed by atoms with van der Waals surface area (Å²) in [4.78, 5) is 11.4. The van der Waals surface area contributed by atoms with Crippen LogP contribution in [0.1, 0.15) is 115 Å². The van der Waals surface area contributed by atoms with Gasteiger partial charge in [0.25, 0.3) is 0 Å². The fourth-order valence-corrected chi connectivity index (χ4v) is 11.5. The molecule has 1 aromatic carbocycles. The molecule has 3 heteroatoms. The Kier molecular flexibility index (Phi) is 5.29. The SMILES string of the molecule is CC1(C)C(c2ccc(C(=O)O)cc2)=CC[C@@]2(C)C1CC[C@]1(C)C2CC[C@@H]2C3CCC[C@]3(N)CC[C@]21C. The van der Waals surface area contributed by atoms with Crippen molar-refractivity contribution in [1.29, 1.82) is 0 Å². The average molecular weight is 490 g/mol. The molecule has 3 nitrogen and oxygen atoms in total. The highest BCUT2D eigenvalue weighted by Crippen LogP contribution is 2.75. The van der Waals surface area contributed by atoms with Crippen molar-refractivity contribution in [3.63, 3.8) is 0 Å². The van der Waals surface area contributed by atoms with Crippen molar-refractivity contribution in [1.82, 2.24) is 0 Å². The Hall–Kier alpha value is -1.61. The first-order valence-corrected chi connectivity index (χ1v) is 14.7. The Balaban J connectivity index is 1.35. The van der Waals surface area contributed by atoms with Crippen LogP contribution < -0.4 is 5.73 Å². The molecule has 0 heterocycles. The van der Waals surface area contributed by atoms with Gasteiger partial charge in [0.05, 0.1) is 5.56 Å². The minimum Gasteiger partial charge on any atom is -0.478 e. The molecular weight excluding hydrogens is 442 g/mol. The van der Waals surface area contributed by atoms with Crippen LogP contribution in [0.15, 0.2) is 30.3 Å². The Morgan fingerprint density at radius 3 is 2.25 bits per heavy atom. The van der Waals surface area contributed by atoms with Gasteiger partial charge in [-0.15, -0.1) is 0 Å². The minimum absolute atomic E-state index is 0.0707. The van der Waals surface area contributed by atoms with Crippen LogP contribution in [0.5, 0.6) is 0 Å². The number of hydrogen-bond donors (Lipinski definition) is 2. The monoisotopic (exact) mass is 489 g/mol. The topological polar surface area (TPSA) is 63.3 Å². The van der Waals surface area contributed by atoms with Crippen LogP contribution in [-0.2, 0) is 0 Å². The lowest BCUT2D eigenvalue weighted by Crippen LogP contribution is -2.66. The molecule has 0 amide bonds. The maximum Gasteiger partial charge on any atom is 0.335 e. The van der Waals surface area contributed by atoms with E-state index >= 15 is 0 Å². The fourth-order valence-electron chi connectivity index (χ4n) is 11.5. The summed E-state index contributed by atoms with van der Waals surface area (Å²) in [5, 5.41) is 9.36. The van der Waals surface area contributed by atoms with Crippen molar-refractivity contribution >= 4 is 11.5 Å². The van der Waals surface area contributed by atoms with Gasteiger partial charge >= 0.3 is 5.97 Å². The number of hydrogen-bond acceptors (Lipinski definition) is 2. The number of rotatable bonds is 2. The zero-order valence-electron chi connectivity index (χ0n) is 23.2. The second-order valence-corrected chi connectivity index (χ2v) is 14.8. The third-order valence-electron chi connectivity index (χ3n) is 13.4. The average Bonchev–Trinajstić information content (AvgIpc) is 3.21. The molecule has 36 heavy (non-hydrogen) atoms. The summed E-state index contributed by atoms with van der Waals surface area (Å²) in [6.07, 6.45) is 15.5. The summed E-state index contributed by atoms with van der Waals surface area (Å²) in [6.45, 7) is 12.9. The Morgan fingerprint density at radius 2 is 1.56 bits per heavy atom. The molecule has 4 saturated carbocycles. The van der Waals surface area contributed by atoms with Crippen molar-refractivity contribution in [2.45, 2.75) is 104 Å². The van der Waals surface area contributed by atoms with E-state index in [0.29, 0.717) is 27.7 Å². The lowest BCUT2D eigenvalue weighted by Gasteiger charge is -2.72. The standard InChI is InChI=1S/C33H47NO2/c1-29(2)23(21-8-10-22(11-9-21)28(35)36)14-17-30(3)26(29)15-18-32(5)27(30)13-12-24-25-7-6-16-33(25,34)20-19-31(24,32)4/h8-11,14,24-27H,6-7,12-13,15-20,34H2,1-5H3,(H,35,36)/t24-,25?,26?,27?,30+,31-,32-,33+/m1/s1. The van der Waals surface area contributed by atoms with Gasteiger partial charge in [0.2, 0.25) is 0 Å². The van der Waals surface area contributed by atoms with E-state index in [9.17, 15) is 9.90 Å². The molecule has 3 unspecified atom stereocenters. The molecule has 0 bridgehead atoms. The summed E-state index contributed by atoms with van der Waals surface area (Å²) in [7, 11) is 0. The lowest BCUT2D eigenvalue weighted by molar-refractivity contribution is -0.215. The first-order chi connectivity index (χ1) is 16.9. The largest absolute Gasteiger partial charge is 0.478 e. The highest BCUT2D eigenvalue weighted by atomic mass is 16.4. The number of nitrogens with two attached hydrogens (primary N) is 1. The molecular formula is C33H47NO2. The zero-order chi connectivity index (χ0) is 25.7. The van der Waals surface area contributed by atoms with E-state index in [1.165, 1.54) is 68.9 Å². The van der Waals surface area contributed by atoms with Crippen LogP contribution in [-0.4, -0.2) is 16.6 Å². The molecule has 5 aliphatic rings. The van der Waals surface area contributed by atoms with Crippen molar-refractivity contribution in [3.05, 3.63) is 41.5 Å². The number of carbonyl (C=O) groups is 1. The molecule has 4 fully saturated rings. The number of carboxylic acids is 1. The number of aromatic carboxylic acids is 1. The summed E-state index contributed by atoms with van der Waals surface area (Å²) >= 11 is 0. The summed E-state index contributed by atoms with van der Waals surface area (Å²) < 4.78 is 0. The Bertz CT molecular complexity index is 1100. The smallest absolute Gasteiger partial charge is 0.335 e. The molecule has 5 aliphatic carbocycles. The van der Waals surface area contributed by atoms with Crippen molar-refractivity contribution < 1.29 is 9.90 Å². The van der Waals surface area contributed by atoms with E-state index in [0.717, 1.165) is 24.2 Å². The maximum absolute atomic E-state index is 11.4. The quantitative estimate of drug-likeness (QED) is 0.443. The van der Waals surface area contributed by atoms with E-state index in [2.05, 4.69) is 40.7 Å². The van der Waals surface area contributed by atoms with Crippen LogP contribution in [0.4, 0.5) is 0 Å². The molecule has 6 rings (SSSR count).